The maximum Gasteiger partial charge on any atom is 0.259 e. The molecule has 0 atom stereocenters. The van der Waals surface area contributed by atoms with Gasteiger partial charge in [-0.05, 0) is 31.0 Å². The number of halogens is 2. The molecule has 1 fully saturated rings. The first kappa shape index (κ1) is 12.9. The number of hydrogen-bond acceptors (Lipinski definition) is 4. The van der Waals surface area contributed by atoms with Gasteiger partial charge < -0.3 is 10.3 Å². The standard InChI is InChI=1S/C13H13Cl2N3O/c14-8-3-4-9(10(15)7-8)11-17-12(18-19-11)13(16)5-1-2-6-13/h3-4,7H,1-2,5-6,16H2. The van der Waals surface area contributed by atoms with E-state index in [0.29, 0.717) is 27.3 Å². The number of rotatable bonds is 2. The fourth-order valence-electron chi connectivity index (χ4n) is 2.43. The Bertz CT molecular complexity index is 606. The van der Waals surface area contributed by atoms with Gasteiger partial charge in [0, 0.05) is 5.02 Å². The highest BCUT2D eigenvalue weighted by molar-refractivity contribution is 6.36. The van der Waals surface area contributed by atoms with Crippen molar-refractivity contribution in [1.82, 2.24) is 10.1 Å². The second-order valence-electron chi connectivity index (χ2n) is 4.91. The molecule has 0 radical (unpaired) electrons. The lowest BCUT2D eigenvalue weighted by atomic mass is 9.99. The first-order valence-electron chi connectivity index (χ1n) is 6.17. The fourth-order valence-corrected chi connectivity index (χ4v) is 2.92. The Kier molecular flexibility index (Phi) is 3.25. The molecule has 2 N–H and O–H groups in total. The normalized spacial score (nSPS) is 17.8. The first-order valence-corrected chi connectivity index (χ1v) is 6.93. The number of aromatic nitrogens is 2. The van der Waals surface area contributed by atoms with Crippen LogP contribution in [0.2, 0.25) is 10.0 Å². The quantitative estimate of drug-likeness (QED) is 0.916. The smallest absolute Gasteiger partial charge is 0.259 e. The predicted molar refractivity (Wildman–Crippen MR) is 74.1 cm³/mol. The minimum Gasteiger partial charge on any atom is -0.334 e. The Morgan fingerprint density at radius 2 is 1.95 bits per heavy atom. The Morgan fingerprint density at radius 3 is 2.63 bits per heavy atom. The van der Waals surface area contributed by atoms with Gasteiger partial charge in [0.15, 0.2) is 5.82 Å². The van der Waals surface area contributed by atoms with Crippen LogP contribution in [0.1, 0.15) is 31.5 Å². The monoisotopic (exact) mass is 297 g/mol. The summed E-state index contributed by atoms with van der Waals surface area (Å²) in [7, 11) is 0. The lowest BCUT2D eigenvalue weighted by Crippen LogP contribution is -2.34. The van der Waals surface area contributed by atoms with Crippen molar-refractivity contribution in [2.24, 2.45) is 5.73 Å². The van der Waals surface area contributed by atoms with E-state index in [1.54, 1.807) is 18.2 Å². The molecule has 4 nitrogen and oxygen atoms in total. The van der Waals surface area contributed by atoms with Gasteiger partial charge in [0.2, 0.25) is 0 Å². The SMILES string of the molecule is NC1(c2noc(-c3ccc(Cl)cc3Cl)n2)CCCC1. The Hall–Kier alpha value is -1.10. The van der Waals surface area contributed by atoms with Crippen molar-refractivity contribution in [2.45, 2.75) is 31.2 Å². The van der Waals surface area contributed by atoms with Gasteiger partial charge in [0.1, 0.15) is 0 Å². The number of benzene rings is 1. The first-order chi connectivity index (χ1) is 9.08. The van der Waals surface area contributed by atoms with Crippen LogP contribution >= 0.6 is 23.2 Å². The van der Waals surface area contributed by atoms with Gasteiger partial charge in [-0.2, -0.15) is 4.98 Å². The molecule has 19 heavy (non-hydrogen) atoms. The fraction of sp³-hybridized carbons (Fsp3) is 0.385. The lowest BCUT2D eigenvalue weighted by molar-refractivity contribution is 0.372. The summed E-state index contributed by atoms with van der Waals surface area (Å²) in [5.41, 5.74) is 6.51. The van der Waals surface area contributed by atoms with Gasteiger partial charge in [-0.1, -0.05) is 41.2 Å². The minimum atomic E-state index is -0.458. The van der Waals surface area contributed by atoms with Crippen LogP contribution in [-0.4, -0.2) is 10.1 Å². The molecule has 100 valence electrons. The van der Waals surface area contributed by atoms with Crippen molar-refractivity contribution < 1.29 is 4.52 Å². The molecule has 0 bridgehead atoms. The summed E-state index contributed by atoms with van der Waals surface area (Å²) in [6.07, 6.45) is 3.98. The van der Waals surface area contributed by atoms with Gasteiger partial charge in [-0.3, -0.25) is 0 Å². The van der Waals surface area contributed by atoms with Crippen molar-refractivity contribution in [3.8, 4) is 11.5 Å². The molecular formula is C13H13Cl2N3O. The van der Waals surface area contributed by atoms with Gasteiger partial charge in [-0.15, -0.1) is 0 Å². The molecule has 6 heteroatoms. The second-order valence-corrected chi connectivity index (χ2v) is 5.75. The van der Waals surface area contributed by atoms with Crippen LogP contribution in [0.15, 0.2) is 22.7 Å². The summed E-state index contributed by atoms with van der Waals surface area (Å²) >= 11 is 12.0. The van der Waals surface area contributed by atoms with Crippen molar-refractivity contribution in [2.75, 3.05) is 0 Å². The molecule has 1 aliphatic rings. The van der Waals surface area contributed by atoms with E-state index in [9.17, 15) is 0 Å². The molecule has 0 unspecified atom stereocenters. The zero-order chi connectivity index (χ0) is 13.5. The van der Waals surface area contributed by atoms with E-state index in [2.05, 4.69) is 10.1 Å². The zero-order valence-electron chi connectivity index (χ0n) is 10.2. The largest absolute Gasteiger partial charge is 0.334 e. The van der Waals surface area contributed by atoms with Crippen LogP contribution in [0.4, 0.5) is 0 Å². The molecule has 0 saturated heterocycles. The van der Waals surface area contributed by atoms with E-state index in [-0.39, 0.29) is 0 Å². The summed E-state index contributed by atoms with van der Waals surface area (Å²) in [6, 6.07) is 5.15. The van der Waals surface area contributed by atoms with E-state index in [1.165, 1.54) is 0 Å². The highest BCUT2D eigenvalue weighted by Crippen LogP contribution is 2.36. The van der Waals surface area contributed by atoms with Crippen LogP contribution in [0.5, 0.6) is 0 Å². The van der Waals surface area contributed by atoms with Gasteiger partial charge in [0.25, 0.3) is 5.89 Å². The molecule has 1 saturated carbocycles. The molecule has 0 amide bonds. The van der Waals surface area contributed by atoms with Gasteiger partial charge >= 0.3 is 0 Å². The molecule has 1 heterocycles. The Balaban J connectivity index is 1.97. The van der Waals surface area contributed by atoms with E-state index in [1.807, 2.05) is 0 Å². The van der Waals surface area contributed by atoms with E-state index >= 15 is 0 Å². The highest BCUT2D eigenvalue weighted by Gasteiger charge is 2.36. The Morgan fingerprint density at radius 1 is 1.21 bits per heavy atom. The van der Waals surface area contributed by atoms with Crippen molar-refractivity contribution in [3.05, 3.63) is 34.1 Å². The third-order valence-electron chi connectivity index (χ3n) is 3.53. The van der Waals surface area contributed by atoms with E-state index in [4.69, 9.17) is 33.5 Å². The van der Waals surface area contributed by atoms with Crippen LogP contribution in [0.25, 0.3) is 11.5 Å². The van der Waals surface area contributed by atoms with E-state index < -0.39 is 5.54 Å². The van der Waals surface area contributed by atoms with Crippen LogP contribution in [-0.2, 0) is 5.54 Å². The van der Waals surface area contributed by atoms with Crippen molar-refractivity contribution in [1.29, 1.82) is 0 Å². The molecule has 2 aromatic rings. The maximum atomic E-state index is 6.29. The summed E-state index contributed by atoms with van der Waals surface area (Å²) in [5.74, 6) is 0.944. The number of hydrogen-bond donors (Lipinski definition) is 1. The zero-order valence-corrected chi connectivity index (χ0v) is 11.7. The topological polar surface area (TPSA) is 64.9 Å². The van der Waals surface area contributed by atoms with Crippen molar-refractivity contribution >= 4 is 23.2 Å². The van der Waals surface area contributed by atoms with Crippen LogP contribution in [0.3, 0.4) is 0 Å². The molecule has 0 spiro atoms. The Labute approximate surface area is 120 Å². The summed E-state index contributed by atoms with van der Waals surface area (Å²) in [4.78, 5) is 4.39. The molecule has 0 aliphatic heterocycles. The number of nitrogens with zero attached hydrogens (tertiary/aromatic N) is 2. The lowest BCUT2D eigenvalue weighted by Gasteiger charge is -2.17. The average Bonchev–Trinajstić information content (AvgIpc) is 2.99. The number of nitrogens with two attached hydrogens (primary N) is 1. The van der Waals surface area contributed by atoms with Crippen LogP contribution < -0.4 is 5.73 Å². The molecule has 1 aliphatic carbocycles. The molecule has 3 rings (SSSR count). The van der Waals surface area contributed by atoms with Crippen LogP contribution in [0, 0.1) is 0 Å². The summed E-state index contributed by atoms with van der Waals surface area (Å²) in [6.45, 7) is 0. The molecule has 1 aromatic heterocycles. The molecule has 1 aromatic carbocycles. The average molecular weight is 298 g/mol. The minimum absolute atomic E-state index is 0.383. The second kappa shape index (κ2) is 4.78. The molecular weight excluding hydrogens is 285 g/mol. The third kappa shape index (κ3) is 2.36. The van der Waals surface area contributed by atoms with Crippen molar-refractivity contribution in [3.63, 3.8) is 0 Å². The summed E-state index contributed by atoms with van der Waals surface area (Å²) in [5, 5.41) is 5.06. The highest BCUT2D eigenvalue weighted by atomic mass is 35.5. The third-order valence-corrected chi connectivity index (χ3v) is 4.08. The van der Waals surface area contributed by atoms with Gasteiger partial charge in [0.05, 0.1) is 16.1 Å². The van der Waals surface area contributed by atoms with E-state index in [0.717, 1.165) is 25.7 Å². The predicted octanol–water partition coefficient (Wildman–Crippen LogP) is 3.77. The summed E-state index contributed by atoms with van der Waals surface area (Å²) < 4.78 is 5.28. The van der Waals surface area contributed by atoms with Gasteiger partial charge in [-0.25, -0.2) is 0 Å². The maximum absolute atomic E-state index is 6.29.